The highest BCUT2D eigenvalue weighted by molar-refractivity contribution is 9.11. The van der Waals surface area contributed by atoms with E-state index in [0.717, 1.165) is 0 Å². The molecule has 0 spiro atoms. The predicted molar refractivity (Wildman–Crippen MR) is 53.2 cm³/mol. The molecule has 0 aliphatic carbocycles. The number of halogens is 2. The first-order valence-corrected chi connectivity index (χ1v) is 4.59. The van der Waals surface area contributed by atoms with E-state index in [2.05, 4.69) is 31.9 Å². The lowest BCUT2D eigenvalue weighted by molar-refractivity contribution is 0.0697. The number of carbonyl (C=O) groups is 1. The van der Waals surface area contributed by atoms with Crippen LogP contribution in [0.4, 0.5) is 5.69 Å². The molecule has 3 nitrogen and oxygen atoms in total. The van der Waals surface area contributed by atoms with Crippen LogP contribution in [0.25, 0.3) is 0 Å². The number of benzene rings is 1. The Bertz CT molecular complexity index is 338. The van der Waals surface area contributed by atoms with E-state index in [1.165, 1.54) is 0 Å². The van der Waals surface area contributed by atoms with Crippen LogP contribution in [0.3, 0.4) is 0 Å². The van der Waals surface area contributed by atoms with Gasteiger partial charge in [0, 0.05) is 8.95 Å². The number of anilines is 1. The number of rotatable bonds is 1. The zero-order valence-corrected chi connectivity index (χ0v) is 9.02. The number of carboxylic acids is 1. The molecular weight excluding hydrogens is 290 g/mol. The Morgan fingerprint density at radius 3 is 2.25 bits per heavy atom. The second-order valence-corrected chi connectivity index (χ2v) is 3.83. The molecule has 0 heterocycles. The van der Waals surface area contributed by atoms with Gasteiger partial charge in [-0.05, 0) is 44.0 Å². The van der Waals surface area contributed by atoms with Gasteiger partial charge >= 0.3 is 5.97 Å². The van der Waals surface area contributed by atoms with E-state index in [-0.39, 0.29) is 11.3 Å². The fourth-order valence-corrected chi connectivity index (χ4v) is 1.63. The highest BCUT2D eigenvalue weighted by atomic mass is 79.9. The molecule has 0 aliphatic rings. The highest BCUT2D eigenvalue weighted by Crippen LogP contribution is 2.29. The van der Waals surface area contributed by atoms with Crippen molar-refractivity contribution in [1.29, 1.82) is 0 Å². The second kappa shape index (κ2) is 3.45. The van der Waals surface area contributed by atoms with Crippen LogP contribution in [0.2, 0.25) is 0 Å². The molecule has 1 aromatic carbocycles. The first-order valence-electron chi connectivity index (χ1n) is 3.01. The van der Waals surface area contributed by atoms with Crippen LogP contribution in [0, 0.1) is 0 Å². The molecule has 1 rings (SSSR count). The first kappa shape index (κ1) is 9.54. The van der Waals surface area contributed by atoms with Crippen LogP contribution in [-0.4, -0.2) is 11.1 Å². The summed E-state index contributed by atoms with van der Waals surface area (Å²) in [5.74, 6) is -1.04. The lowest BCUT2D eigenvalue weighted by atomic mass is 10.2. The Labute approximate surface area is 85.8 Å². The third-order valence-corrected chi connectivity index (χ3v) is 2.71. The standard InChI is InChI=1S/C7H5Br2NO2/c8-3-1-2-4(9)6(10)5(3)7(11)12/h1-2H,10H2,(H,11,12). The van der Waals surface area contributed by atoms with E-state index in [1.807, 2.05) is 0 Å². The number of aromatic carboxylic acids is 1. The van der Waals surface area contributed by atoms with E-state index in [9.17, 15) is 4.79 Å². The Balaban J connectivity index is 3.43. The van der Waals surface area contributed by atoms with Gasteiger partial charge in [-0.1, -0.05) is 0 Å². The summed E-state index contributed by atoms with van der Waals surface area (Å²) in [6.07, 6.45) is 0. The fraction of sp³-hybridized carbons (Fsp3) is 0. The van der Waals surface area contributed by atoms with Crippen molar-refractivity contribution in [3.05, 3.63) is 26.6 Å². The maximum Gasteiger partial charge on any atom is 0.338 e. The number of nitrogens with two attached hydrogens (primary N) is 1. The van der Waals surface area contributed by atoms with Crippen molar-refractivity contribution in [3.8, 4) is 0 Å². The van der Waals surface area contributed by atoms with Crippen LogP contribution in [0.5, 0.6) is 0 Å². The molecule has 0 atom stereocenters. The van der Waals surface area contributed by atoms with Gasteiger partial charge in [0.05, 0.1) is 11.3 Å². The van der Waals surface area contributed by atoms with E-state index in [4.69, 9.17) is 10.8 Å². The summed E-state index contributed by atoms with van der Waals surface area (Å²) in [5, 5.41) is 8.74. The smallest absolute Gasteiger partial charge is 0.338 e. The monoisotopic (exact) mass is 293 g/mol. The van der Waals surface area contributed by atoms with Gasteiger partial charge in [0.1, 0.15) is 0 Å². The Hall–Kier alpha value is -0.550. The minimum absolute atomic E-state index is 0.0874. The zero-order chi connectivity index (χ0) is 9.30. The molecule has 12 heavy (non-hydrogen) atoms. The maximum absolute atomic E-state index is 10.7. The van der Waals surface area contributed by atoms with Crippen molar-refractivity contribution in [1.82, 2.24) is 0 Å². The summed E-state index contributed by atoms with van der Waals surface area (Å²) in [6.45, 7) is 0. The maximum atomic E-state index is 10.7. The van der Waals surface area contributed by atoms with E-state index < -0.39 is 5.97 Å². The first-order chi connectivity index (χ1) is 5.54. The molecule has 5 heteroatoms. The molecule has 0 unspecified atom stereocenters. The van der Waals surface area contributed by atoms with Crippen molar-refractivity contribution < 1.29 is 9.90 Å². The van der Waals surface area contributed by atoms with Crippen molar-refractivity contribution >= 4 is 43.5 Å². The van der Waals surface area contributed by atoms with Crippen molar-refractivity contribution in [3.63, 3.8) is 0 Å². The average Bonchev–Trinajstić information content (AvgIpc) is 1.97. The van der Waals surface area contributed by atoms with Gasteiger partial charge in [-0.2, -0.15) is 0 Å². The highest BCUT2D eigenvalue weighted by Gasteiger charge is 2.13. The summed E-state index contributed by atoms with van der Waals surface area (Å²) in [6, 6.07) is 3.32. The fourth-order valence-electron chi connectivity index (χ4n) is 0.785. The summed E-state index contributed by atoms with van der Waals surface area (Å²) in [5.41, 5.74) is 5.85. The molecule has 64 valence electrons. The molecule has 0 aliphatic heterocycles. The van der Waals surface area contributed by atoms with Gasteiger partial charge in [-0.15, -0.1) is 0 Å². The number of hydrogen-bond acceptors (Lipinski definition) is 2. The summed E-state index contributed by atoms with van der Waals surface area (Å²) in [7, 11) is 0. The molecule has 1 aromatic rings. The van der Waals surface area contributed by atoms with E-state index in [1.54, 1.807) is 12.1 Å². The summed E-state index contributed by atoms with van der Waals surface area (Å²) >= 11 is 6.24. The number of nitrogen functional groups attached to an aromatic ring is 1. The Kier molecular flexibility index (Phi) is 2.74. The lowest BCUT2D eigenvalue weighted by Crippen LogP contribution is -2.03. The SMILES string of the molecule is Nc1c(Br)ccc(Br)c1C(=O)O. The van der Waals surface area contributed by atoms with Crippen LogP contribution in [-0.2, 0) is 0 Å². The second-order valence-electron chi connectivity index (χ2n) is 2.12. The quantitative estimate of drug-likeness (QED) is 0.782. The molecular formula is C7H5Br2NO2. The molecule has 0 amide bonds. The van der Waals surface area contributed by atoms with Crippen LogP contribution >= 0.6 is 31.9 Å². The van der Waals surface area contributed by atoms with Crippen LogP contribution in [0.1, 0.15) is 10.4 Å². The number of carboxylic acid groups (broad SMARTS) is 1. The normalized spacial score (nSPS) is 9.83. The van der Waals surface area contributed by atoms with Crippen LogP contribution < -0.4 is 5.73 Å². The van der Waals surface area contributed by atoms with Gasteiger partial charge in [0.2, 0.25) is 0 Å². The molecule has 0 saturated carbocycles. The Morgan fingerprint density at radius 1 is 1.33 bits per heavy atom. The zero-order valence-electron chi connectivity index (χ0n) is 5.84. The van der Waals surface area contributed by atoms with Crippen molar-refractivity contribution in [2.45, 2.75) is 0 Å². The molecule has 0 bridgehead atoms. The molecule has 0 fully saturated rings. The van der Waals surface area contributed by atoms with E-state index in [0.29, 0.717) is 8.95 Å². The minimum Gasteiger partial charge on any atom is -0.478 e. The molecule has 0 radical (unpaired) electrons. The molecule has 3 N–H and O–H groups in total. The Morgan fingerprint density at radius 2 is 1.83 bits per heavy atom. The largest absolute Gasteiger partial charge is 0.478 e. The third kappa shape index (κ3) is 1.61. The van der Waals surface area contributed by atoms with Gasteiger partial charge < -0.3 is 10.8 Å². The summed E-state index contributed by atoms with van der Waals surface area (Å²) in [4.78, 5) is 10.7. The van der Waals surface area contributed by atoms with Crippen molar-refractivity contribution in [2.75, 3.05) is 5.73 Å². The summed E-state index contributed by atoms with van der Waals surface area (Å²) < 4.78 is 1.07. The molecule has 0 aromatic heterocycles. The topological polar surface area (TPSA) is 63.3 Å². The minimum atomic E-state index is -1.04. The third-order valence-electron chi connectivity index (χ3n) is 1.36. The number of hydrogen-bond donors (Lipinski definition) is 2. The van der Waals surface area contributed by atoms with E-state index >= 15 is 0 Å². The van der Waals surface area contributed by atoms with Gasteiger partial charge in [-0.3, -0.25) is 0 Å². The average molecular weight is 295 g/mol. The van der Waals surface area contributed by atoms with Crippen LogP contribution in [0.15, 0.2) is 21.1 Å². The molecule has 0 saturated heterocycles. The van der Waals surface area contributed by atoms with Gasteiger partial charge in [0.25, 0.3) is 0 Å². The van der Waals surface area contributed by atoms with Crippen molar-refractivity contribution in [2.24, 2.45) is 0 Å². The lowest BCUT2D eigenvalue weighted by Gasteiger charge is -2.04. The predicted octanol–water partition coefficient (Wildman–Crippen LogP) is 2.49. The van der Waals surface area contributed by atoms with Gasteiger partial charge in [0.15, 0.2) is 0 Å². The van der Waals surface area contributed by atoms with Gasteiger partial charge in [-0.25, -0.2) is 4.79 Å².